The molecule has 0 spiro atoms. The fourth-order valence-electron chi connectivity index (χ4n) is 2.77. The predicted molar refractivity (Wildman–Crippen MR) is 79.5 cm³/mol. The van der Waals surface area contributed by atoms with Crippen LogP contribution in [0.2, 0.25) is 0 Å². The first kappa shape index (κ1) is 14.3. The van der Waals surface area contributed by atoms with Crippen molar-refractivity contribution in [2.75, 3.05) is 6.54 Å². The standard InChI is InChI=1S/C16H17N3O3/c20-15(19-10-1-3-14(19)16(21)22)13-6-4-12(5-7-13)11-18-9-2-8-17-18/h2,4-9,14H,1,3,10-11H2,(H,21,22). The largest absolute Gasteiger partial charge is 0.480 e. The minimum Gasteiger partial charge on any atom is -0.480 e. The Morgan fingerprint density at radius 3 is 2.68 bits per heavy atom. The van der Waals surface area contributed by atoms with E-state index in [4.69, 9.17) is 5.11 Å². The molecule has 1 atom stereocenters. The minimum atomic E-state index is -0.929. The molecular weight excluding hydrogens is 282 g/mol. The first-order valence-electron chi connectivity index (χ1n) is 7.25. The summed E-state index contributed by atoms with van der Waals surface area (Å²) in [4.78, 5) is 25.1. The van der Waals surface area contributed by atoms with Crippen LogP contribution < -0.4 is 0 Å². The third-order valence-corrected chi connectivity index (χ3v) is 3.90. The lowest BCUT2D eigenvalue weighted by Gasteiger charge is -2.21. The number of carbonyl (C=O) groups is 2. The van der Waals surface area contributed by atoms with E-state index in [-0.39, 0.29) is 5.91 Å². The van der Waals surface area contributed by atoms with Crippen LogP contribution in [0.4, 0.5) is 0 Å². The van der Waals surface area contributed by atoms with Gasteiger partial charge in [0.05, 0.1) is 6.54 Å². The maximum atomic E-state index is 12.4. The molecule has 1 aromatic carbocycles. The van der Waals surface area contributed by atoms with Gasteiger partial charge in [-0.05, 0) is 36.6 Å². The molecule has 3 rings (SSSR count). The normalized spacial score (nSPS) is 17.6. The van der Waals surface area contributed by atoms with Crippen LogP contribution in [0.1, 0.15) is 28.8 Å². The Balaban J connectivity index is 1.72. The van der Waals surface area contributed by atoms with Crippen molar-refractivity contribution in [3.63, 3.8) is 0 Å². The number of carboxylic acid groups (broad SMARTS) is 1. The monoisotopic (exact) mass is 299 g/mol. The first-order chi connectivity index (χ1) is 10.6. The maximum absolute atomic E-state index is 12.4. The molecule has 1 unspecified atom stereocenters. The van der Waals surface area contributed by atoms with Gasteiger partial charge in [0, 0.05) is 24.5 Å². The zero-order valence-electron chi connectivity index (χ0n) is 12.1. The number of benzene rings is 1. The zero-order valence-corrected chi connectivity index (χ0v) is 12.1. The van der Waals surface area contributed by atoms with Crippen LogP contribution >= 0.6 is 0 Å². The number of nitrogens with zero attached hydrogens (tertiary/aromatic N) is 3. The zero-order chi connectivity index (χ0) is 15.5. The van der Waals surface area contributed by atoms with Crippen molar-refractivity contribution in [1.82, 2.24) is 14.7 Å². The Bertz CT molecular complexity index is 664. The van der Waals surface area contributed by atoms with Gasteiger partial charge in [0.25, 0.3) is 5.91 Å². The molecule has 2 aromatic rings. The van der Waals surface area contributed by atoms with Crippen molar-refractivity contribution in [3.8, 4) is 0 Å². The Morgan fingerprint density at radius 2 is 2.05 bits per heavy atom. The number of likely N-dealkylation sites (tertiary alicyclic amines) is 1. The van der Waals surface area contributed by atoms with Crippen LogP contribution in [0.15, 0.2) is 42.7 Å². The summed E-state index contributed by atoms with van der Waals surface area (Å²) in [6, 6.07) is 8.41. The summed E-state index contributed by atoms with van der Waals surface area (Å²) in [7, 11) is 0. The predicted octanol–water partition coefficient (Wildman–Crippen LogP) is 1.62. The quantitative estimate of drug-likeness (QED) is 0.931. The van der Waals surface area contributed by atoms with Gasteiger partial charge in [0.15, 0.2) is 0 Å². The number of aromatic nitrogens is 2. The van der Waals surface area contributed by atoms with E-state index in [1.165, 1.54) is 4.90 Å². The van der Waals surface area contributed by atoms with E-state index in [0.29, 0.717) is 25.1 Å². The van der Waals surface area contributed by atoms with Crippen molar-refractivity contribution in [2.45, 2.75) is 25.4 Å². The van der Waals surface area contributed by atoms with Crippen molar-refractivity contribution in [1.29, 1.82) is 0 Å². The van der Waals surface area contributed by atoms with Crippen LogP contribution in [-0.4, -0.2) is 44.3 Å². The summed E-state index contributed by atoms with van der Waals surface area (Å²) in [6.07, 6.45) is 4.86. The molecular formula is C16H17N3O3. The van der Waals surface area contributed by atoms with Gasteiger partial charge in [-0.2, -0.15) is 5.10 Å². The summed E-state index contributed by atoms with van der Waals surface area (Å²) in [5.74, 6) is -1.14. The maximum Gasteiger partial charge on any atom is 0.326 e. The molecule has 1 amide bonds. The van der Waals surface area contributed by atoms with E-state index >= 15 is 0 Å². The first-order valence-corrected chi connectivity index (χ1v) is 7.25. The van der Waals surface area contributed by atoms with E-state index in [1.807, 2.05) is 24.4 Å². The number of hydrogen-bond donors (Lipinski definition) is 1. The molecule has 0 bridgehead atoms. The fourth-order valence-corrected chi connectivity index (χ4v) is 2.77. The second-order valence-corrected chi connectivity index (χ2v) is 5.40. The Kier molecular flexibility index (Phi) is 3.91. The van der Waals surface area contributed by atoms with E-state index in [0.717, 1.165) is 12.0 Å². The van der Waals surface area contributed by atoms with Crippen molar-refractivity contribution < 1.29 is 14.7 Å². The lowest BCUT2D eigenvalue weighted by atomic mass is 10.1. The molecule has 2 heterocycles. The summed E-state index contributed by atoms with van der Waals surface area (Å²) in [5.41, 5.74) is 1.56. The molecule has 6 heteroatoms. The Hall–Kier alpha value is -2.63. The Morgan fingerprint density at radius 1 is 1.27 bits per heavy atom. The molecule has 1 aliphatic rings. The summed E-state index contributed by atoms with van der Waals surface area (Å²) in [6.45, 7) is 1.15. The number of amides is 1. The molecule has 1 fully saturated rings. The van der Waals surface area contributed by atoms with Crippen molar-refractivity contribution in [3.05, 3.63) is 53.9 Å². The van der Waals surface area contributed by atoms with Crippen LogP contribution in [0.25, 0.3) is 0 Å². The molecule has 1 aliphatic heterocycles. The highest BCUT2D eigenvalue weighted by molar-refractivity contribution is 5.97. The van der Waals surface area contributed by atoms with Gasteiger partial charge in [-0.3, -0.25) is 9.48 Å². The number of carbonyl (C=O) groups excluding carboxylic acids is 1. The summed E-state index contributed by atoms with van der Waals surface area (Å²) in [5, 5.41) is 13.3. The number of hydrogen-bond acceptors (Lipinski definition) is 3. The van der Waals surface area contributed by atoms with Gasteiger partial charge in [-0.1, -0.05) is 12.1 Å². The van der Waals surface area contributed by atoms with Crippen molar-refractivity contribution >= 4 is 11.9 Å². The van der Waals surface area contributed by atoms with E-state index in [9.17, 15) is 9.59 Å². The molecule has 0 aliphatic carbocycles. The second-order valence-electron chi connectivity index (χ2n) is 5.40. The van der Waals surface area contributed by atoms with Gasteiger partial charge >= 0.3 is 5.97 Å². The minimum absolute atomic E-state index is 0.212. The van der Waals surface area contributed by atoms with Crippen molar-refractivity contribution in [2.24, 2.45) is 0 Å². The molecule has 114 valence electrons. The highest BCUT2D eigenvalue weighted by Crippen LogP contribution is 2.20. The highest BCUT2D eigenvalue weighted by atomic mass is 16.4. The van der Waals surface area contributed by atoms with Gasteiger partial charge in [0.2, 0.25) is 0 Å². The second kappa shape index (κ2) is 6.01. The molecule has 0 saturated carbocycles. The average Bonchev–Trinajstić information content (AvgIpc) is 3.18. The van der Waals surface area contributed by atoms with Crippen LogP contribution in [0.3, 0.4) is 0 Å². The molecule has 1 saturated heterocycles. The van der Waals surface area contributed by atoms with Crippen LogP contribution in [0, 0.1) is 0 Å². The molecule has 1 N–H and O–H groups in total. The third-order valence-electron chi connectivity index (χ3n) is 3.90. The Labute approximate surface area is 128 Å². The van der Waals surface area contributed by atoms with Gasteiger partial charge in [-0.15, -0.1) is 0 Å². The van der Waals surface area contributed by atoms with E-state index in [1.54, 1.807) is 23.0 Å². The number of aliphatic carboxylic acids is 1. The number of rotatable bonds is 4. The van der Waals surface area contributed by atoms with Gasteiger partial charge in [-0.25, -0.2) is 4.79 Å². The van der Waals surface area contributed by atoms with E-state index < -0.39 is 12.0 Å². The van der Waals surface area contributed by atoms with E-state index in [2.05, 4.69) is 5.10 Å². The fraction of sp³-hybridized carbons (Fsp3) is 0.312. The third kappa shape index (κ3) is 2.86. The van der Waals surface area contributed by atoms with Gasteiger partial charge in [0.1, 0.15) is 6.04 Å². The smallest absolute Gasteiger partial charge is 0.326 e. The topological polar surface area (TPSA) is 75.4 Å². The lowest BCUT2D eigenvalue weighted by Crippen LogP contribution is -2.40. The van der Waals surface area contributed by atoms with Crippen LogP contribution in [-0.2, 0) is 11.3 Å². The summed E-state index contributed by atoms with van der Waals surface area (Å²) >= 11 is 0. The van der Waals surface area contributed by atoms with Crippen LogP contribution in [0.5, 0.6) is 0 Å². The molecule has 1 aromatic heterocycles. The summed E-state index contributed by atoms with van der Waals surface area (Å²) < 4.78 is 1.80. The van der Waals surface area contributed by atoms with Gasteiger partial charge < -0.3 is 10.0 Å². The lowest BCUT2D eigenvalue weighted by molar-refractivity contribution is -0.141. The number of carboxylic acids is 1. The molecule has 0 radical (unpaired) electrons. The SMILES string of the molecule is O=C(O)C1CCCN1C(=O)c1ccc(Cn2cccn2)cc1. The highest BCUT2D eigenvalue weighted by Gasteiger charge is 2.34. The average molecular weight is 299 g/mol. The molecule has 6 nitrogen and oxygen atoms in total. The molecule has 22 heavy (non-hydrogen) atoms.